The molecule has 5 N–H and O–H groups in total. The first kappa shape index (κ1) is 14.0. The van der Waals surface area contributed by atoms with Crippen molar-refractivity contribution in [2.45, 2.75) is 51.0 Å². The lowest BCUT2D eigenvalue weighted by atomic mass is 9.87. The van der Waals surface area contributed by atoms with Gasteiger partial charge in [-0.1, -0.05) is 32.1 Å². The van der Waals surface area contributed by atoms with Gasteiger partial charge < -0.3 is 16.8 Å². The van der Waals surface area contributed by atoms with Gasteiger partial charge >= 0.3 is 0 Å². The van der Waals surface area contributed by atoms with E-state index in [0.717, 1.165) is 12.3 Å². The molecule has 0 aliphatic heterocycles. The maximum atomic E-state index is 11.5. The van der Waals surface area contributed by atoms with Gasteiger partial charge in [0.15, 0.2) is 0 Å². The molecule has 1 saturated carbocycles. The number of rotatable bonds is 6. The van der Waals surface area contributed by atoms with Crippen molar-refractivity contribution in [1.29, 1.82) is 0 Å². The Hall–Kier alpha value is -1.10. The molecular formula is C12H23N3O2. The fourth-order valence-corrected chi connectivity index (χ4v) is 2.32. The number of primary amides is 1. The van der Waals surface area contributed by atoms with Crippen molar-refractivity contribution in [2.75, 3.05) is 6.54 Å². The lowest BCUT2D eigenvalue weighted by molar-refractivity contribution is -0.126. The molecule has 98 valence electrons. The zero-order valence-electron chi connectivity index (χ0n) is 10.3. The van der Waals surface area contributed by atoms with Crippen LogP contribution in [-0.4, -0.2) is 24.4 Å². The monoisotopic (exact) mass is 241 g/mol. The molecule has 17 heavy (non-hydrogen) atoms. The van der Waals surface area contributed by atoms with Crippen molar-refractivity contribution in [3.63, 3.8) is 0 Å². The van der Waals surface area contributed by atoms with Gasteiger partial charge in [0, 0.05) is 6.54 Å². The van der Waals surface area contributed by atoms with Crippen molar-refractivity contribution in [3.05, 3.63) is 0 Å². The summed E-state index contributed by atoms with van der Waals surface area (Å²) >= 11 is 0. The minimum atomic E-state index is -0.807. The Morgan fingerprint density at radius 2 is 1.88 bits per heavy atom. The molecule has 1 aliphatic carbocycles. The van der Waals surface area contributed by atoms with Crippen molar-refractivity contribution in [1.82, 2.24) is 5.32 Å². The fraction of sp³-hybridized carbons (Fsp3) is 0.833. The van der Waals surface area contributed by atoms with E-state index in [1.165, 1.54) is 32.1 Å². The van der Waals surface area contributed by atoms with Crippen LogP contribution in [0.3, 0.4) is 0 Å². The molecule has 0 unspecified atom stereocenters. The summed E-state index contributed by atoms with van der Waals surface area (Å²) in [6.07, 6.45) is 7.41. The second kappa shape index (κ2) is 7.27. The average Bonchev–Trinajstić information content (AvgIpc) is 2.29. The van der Waals surface area contributed by atoms with Crippen LogP contribution in [0.2, 0.25) is 0 Å². The number of carbonyl (C=O) groups excluding carboxylic acids is 2. The number of hydrogen-bond acceptors (Lipinski definition) is 3. The van der Waals surface area contributed by atoms with E-state index >= 15 is 0 Å². The third-order valence-electron chi connectivity index (χ3n) is 3.33. The summed E-state index contributed by atoms with van der Waals surface area (Å²) in [4.78, 5) is 22.1. The first-order valence-electron chi connectivity index (χ1n) is 6.41. The van der Waals surface area contributed by atoms with Crippen LogP contribution in [0.1, 0.15) is 44.9 Å². The number of carbonyl (C=O) groups is 2. The standard InChI is InChI=1S/C12H23N3O2/c13-10(8-11(14)16)12(17)15-7-6-9-4-2-1-3-5-9/h9-10H,1-8,13H2,(H2,14,16)(H,15,17)/t10-/m1/s1. The Labute approximate surface area is 102 Å². The molecule has 1 rings (SSSR count). The summed E-state index contributed by atoms with van der Waals surface area (Å²) in [5.41, 5.74) is 10.5. The maximum absolute atomic E-state index is 11.5. The van der Waals surface area contributed by atoms with Crippen LogP contribution in [0, 0.1) is 5.92 Å². The number of nitrogens with one attached hydrogen (secondary N) is 1. The van der Waals surface area contributed by atoms with Gasteiger partial charge in [-0.25, -0.2) is 0 Å². The van der Waals surface area contributed by atoms with Crippen LogP contribution in [0.5, 0.6) is 0 Å². The third-order valence-corrected chi connectivity index (χ3v) is 3.33. The Kier molecular flexibility index (Phi) is 5.97. The fourth-order valence-electron chi connectivity index (χ4n) is 2.32. The zero-order valence-corrected chi connectivity index (χ0v) is 10.3. The summed E-state index contributed by atoms with van der Waals surface area (Å²) in [6, 6.07) is -0.807. The molecule has 0 bridgehead atoms. The largest absolute Gasteiger partial charge is 0.370 e. The summed E-state index contributed by atoms with van der Waals surface area (Å²) < 4.78 is 0. The molecule has 1 atom stereocenters. The van der Waals surface area contributed by atoms with Crippen molar-refractivity contribution in [3.8, 4) is 0 Å². The number of hydrogen-bond donors (Lipinski definition) is 3. The van der Waals surface area contributed by atoms with Gasteiger partial charge in [0.05, 0.1) is 12.5 Å². The molecule has 5 heteroatoms. The van der Waals surface area contributed by atoms with E-state index in [1.807, 2.05) is 0 Å². The van der Waals surface area contributed by atoms with E-state index < -0.39 is 11.9 Å². The predicted molar refractivity (Wildman–Crippen MR) is 66.0 cm³/mol. The summed E-state index contributed by atoms with van der Waals surface area (Å²) in [5, 5.41) is 2.76. The minimum Gasteiger partial charge on any atom is -0.370 e. The highest BCUT2D eigenvalue weighted by molar-refractivity contribution is 5.87. The molecular weight excluding hydrogens is 218 g/mol. The van der Waals surface area contributed by atoms with Gasteiger partial charge in [-0.2, -0.15) is 0 Å². The highest BCUT2D eigenvalue weighted by atomic mass is 16.2. The Balaban J connectivity index is 2.12. The van der Waals surface area contributed by atoms with E-state index in [2.05, 4.69) is 5.32 Å². The number of nitrogens with two attached hydrogens (primary N) is 2. The van der Waals surface area contributed by atoms with Crippen molar-refractivity contribution >= 4 is 11.8 Å². The third kappa shape index (κ3) is 5.68. The SMILES string of the molecule is NC(=O)C[C@@H](N)C(=O)NCCC1CCCCC1. The highest BCUT2D eigenvalue weighted by Gasteiger charge is 2.17. The summed E-state index contributed by atoms with van der Waals surface area (Å²) in [7, 11) is 0. The van der Waals surface area contributed by atoms with Crippen LogP contribution >= 0.6 is 0 Å². The van der Waals surface area contributed by atoms with Crippen LogP contribution in [-0.2, 0) is 9.59 Å². The smallest absolute Gasteiger partial charge is 0.237 e. The normalized spacial score (nSPS) is 18.6. The Morgan fingerprint density at radius 3 is 2.47 bits per heavy atom. The molecule has 0 spiro atoms. The number of amides is 2. The Bertz CT molecular complexity index is 262. The van der Waals surface area contributed by atoms with Gasteiger partial charge in [0.1, 0.15) is 0 Å². The highest BCUT2D eigenvalue weighted by Crippen LogP contribution is 2.25. The zero-order chi connectivity index (χ0) is 12.7. The minimum absolute atomic E-state index is 0.0880. The maximum Gasteiger partial charge on any atom is 0.237 e. The second-order valence-electron chi connectivity index (χ2n) is 4.86. The quantitative estimate of drug-likeness (QED) is 0.622. The topological polar surface area (TPSA) is 98.2 Å². The van der Waals surface area contributed by atoms with Crippen molar-refractivity contribution < 1.29 is 9.59 Å². The van der Waals surface area contributed by atoms with Gasteiger partial charge in [-0.05, 0) is 12.3 Å². The average molecular weight is 241 g/mol. The predicted octanol–water partition coefficient (Wildman–Crippen LogP) is 0.276. The van der Waals surface area contributed by atoms with E-state index in [-0.39, 0.29) is 12.3 Å². The summed E-state index contributed by atoms with van der Waals surface area (Å²) in [6.45, 7) is 0.649. The lowest BCUT2D eigenvalue weighted by Crippen LogP contribution is -2.43. The van der Waals surface area contributed by atoms with Crippen LogP contribution in [0.15, 0.2) is 0 Å². The van der Waals surface area contributed by atoms with Crippen LogP contribution in [0.4, 0.5) is 0 Å². The van der Waals surface area contributed by atoms with E-state index in [9.17, 15) is 9.59 Å². The molecule has 0 radical (unpaired) electrons. The molecule has 2 amide bonds. The van der Waals surface area contributed by atoms with E-state index in [0.29, 0.717) is 6.54 Å². The second-order valence-corrected chi connectivity index (χ2v) is 4.86. The summed E-state index contributed by atoms with van der Waals surface area (Å²) in [5.74, 6) is -0.0871. The molecule has 0 aromatic carbocycles. The van der Waals surface area contributed by atoms with E-state index in [1.54, 1.807) is 0 Å². The molecule has 0 aromatic heterocycles. The first-order chi connectivity index (χ1) is 8.09. The molecule has 0 saturated heterocycles. The van der Waals surface area contributed by atoms with Gasteiger partial charge in [0.2, 0.25) is 11.8 Å². The molecule has 0 aromatic rings. The van der Waals surface area contributed by atoms with E-state index in [4.69, 9.17) is 11.5 Å². The molecule has 1 aliphatic rings. The van der Waals surface area contributed by atoms with Crippen LogP contribution in [0.25, 0.3) is 0 Å². The van der Waals surface area contributed by atoms with Gasteiger partial charge in [-0.3, -0.25) is 9.59 Å². The van der Waals surface area contributed by atoms with Gasteiger partial charge in [0.25, 0.3) is 0 Å². The van der Waals surface area contributed by atoms with Crippen LogP contribution < -0.4 is 16.8 Å². The van der Waals surface area contributed by atoms with Gasteiger partial charge in [-0.15, -0.1) is 0 Å². The Morgan fingerprint density at radius 1 is 1.24 bits per heavy atom. The lowest BCUT2D eigenvalue weighted by Gasteiger charge is -2.21. The molecule has 0 heterocycles. The molecule has 1 fully saturated rings. The first-order valence-corrected chi connectivity index (χ1v) is 6.41. The molecule has 5 nitrogen and oxygen atoms in total. The van der Waals surface area contributed by atoms with Crippen molar-refractivity contribution in [2.24, 2.45) is 17.4 Å².